The van der Waals surface area contributed by atoms with Gasteiger partial charge in [0.25, 0.3) is 0 Å². The zero-order chi connectivity index (χ0) is 50.3. The number of ether oxygens (including phenoxy) is 3. The second-order valence-electron chi connectivity index (χ2n) is 23.4. The zero-order valence-electron chi connectivity index (χ0n) is 42.8. The molecule has 9 atom stereocenters. The minimum Gasteiger partial charge on any atom is -0.483 e. The molecule has 6 heterocycles. The molecule has 0 spiro atoms. The SMILES string of the molecule is CC(=O)O[C@H]1C[C@@H](C(C)C)C(C)(C)[C@H]2[C@@H](O)c3c(cc(-c4cccnc4)oc3=O)O[C@]12C.CC(C)[C@@H]1C[C@H](O[Si](C)(C)C(C)(C)C)[C@@]2(C)Oc3cc(-c4cccnc4)oc(=O)c3C(=O)[C@@H]2C1(C)C. The van der Waals surface area contributed by atoms with Crippen molar-refractivity contribution >= 4 is 20.1 Å². The standard InChI is InChI=1S/C29H41NO5Si.C25H31NO6/c1-17(2)19-14-22(35-36(9,10)27(3,4)5)29(8)25(28(19,6)7)24(31)23-21(34-29)15-20(33-26(23)32)18-12-11-13-30-16-18;1-13(2)16-10-19(30-14(3)27)25(6)22(24(16,4)5)21(28)20-18(32-25)11-17(31-23(20)29)15-8-7-9-26-12-15/h11-13,15-17,19,22,25H,14H2,1-10H3;7-9,11-13,16,19,21-22,28H,10H2,1-6H3/t19-,22-,25+,29+;16-,19-,21-,22+,25+/m00/s1. The Balaban J connectivity index is 0.000000203. The molecule has 1 N–H and O–H groups in total. The van der Waals surface area contributed by atoms with Crippen LogP contribution >= 0.6 is 0 Å². The van der Waals surface area contributed by atoms with Crippen molar-refractivity contribution < 1.29 is 42.2 Å². The number of ketones is 1. The van der Waals surface area contributed by atoms with Gasteiger partial charge in [0, 0.05) is 60.9 Å². The highest BCUT2D eigenvalue weighted by molar-refractivity contribution is 6.74. The monoisotopic (exact) mass is 952 g/mol. The van der Waals surface area contributed by atoms with Crippen LogP contribution in [0.15, 0.2) is 79.6 Å². The van der Waals surface area contributed by atoms with E-state index in [9.17, 15) is 24.3 Å². The summed E-state index contributed by atoms with van der Waals surface area (Å²) in [7, 11) is -2.19. The summed E-state index contributed by atoms with van der Waals surface area (Å²) >= 11 is 0. The quantitative estimate of drug-likeness (QED) is 0.137. The van der Waals surface area contributed by atoms with Gasteiger partial charge in [0.15, 0.2) is 14.1 Å². The molecule has 2 aliphatic carbocycles. The molecule has 68 heavy (non-hydrogen) atoms. The first-order valence-electron chi connectivity index (χ1n) is 24.1. The first-order valence-corrected chi connectivity index (χ1v) is 27.0. The summed E-state index contributed by atoms with van der Waals surface area (Å²) in [6.07, 6.45) is 5.93. The van der Waals surface area contributed by atoms with E-state index in [0.717, 1.165) is 6.42 Å². The molecular weight excluding hydrogens is 881 g/mol. The fourth-order valence-corrected chi connectivity index (χ4v) is 13.8. The molecule has 0 unspecified atom stereocenters. The number of aliphatic hydroxyl groups excluding tert-OH is 1. The van der Waals surface area contributed by atoms with Gasteiger partial charge in [0.2, 0.25) is 0 Å². The third-order valence-electron chi connectivity index (χ3n) is 16.6. The summed E-state index contributed by atoms with van der Waals surface area (Å²) < 4.78 is 37.2. The Morgan fingerprint density at radius 1 is 0.765 bits per heavy atom. The predicted octanol–water partition coefficient (Wildman–Crippen LogP) is 10.9. The maximum Gasteiger partial charge on any atom is 0.351 e. The van der Waals surface area contributed by atoms with E-state index in [0.29, 0.717) is 35.0 Å². The summed E-state index contributed by atoms with van der Waals surface area (Å²) in [4.78, 5) is 60.6. The Morgan fingerprint density at radius 3 is 1.76 bits per heavy atom. The van der Waals surface area contributed by atoms with Crippen LogP contribution in [-0.4, -0.2) is 58.6 Å². The third kappa shape index (κ3) is 8.71. The van der Waals surface area contributed by atoms with Gasteiger partial charge < -0.3 is 32.6 Å². The van der Waals surface area contributed by atoms with E-state index < -0.39 is 71.6 Å². The fraction of sp³-hybridized carbons (Fsp3) is 0.593. The number of hydrogen-bond acceptors (Lipinski definition) is 13. The van der Waals surface area contributed by atoms with E-state index in [1.54, 1.807) is 55.1 Å². The van der Waals surface area contributed by atoms with Gasteiger partial charge in [-0.1, -0.05) is 76.2 Å². The number of nitrogens with zero attached hydrogens (tertiary/aromatic N) is 2. The Hall–Kier alpha value is -4.92. The molecule has 0 bridgehead atoms. The van der Waals surface area contributed by atoms with Crippen LogP contribution in [0.4, 0.5) is 0 Å². The average Bonchev–Trinajstić information content (AvgIpc) is 3.22. The van der Waals surface area contributed by atoms with Crippen LogP contribution in [-0.2, 0) is 14.0 Å². The first kappa shape index (κ1) is 50.9. The van der Waals surface area contributed by atoms with E-state index in [1.165, 1.54) is 6.92 Å². The van der Waals surface area contributed by atoms with Gasteiger partial charge in [-0.25, -0.2) is 9.59 Å². The number of rotatable bonds is 7. The van der Waals surface area contributed by atoms with Crippen molar-refractivity contribution in [1.82, 2.24) is 9.97 Å². The van der Waals surface area contributed by atoms with Gasteiger partial charge in [-0.05, 0) is 104 Å². The lowest BCUT2D eigenvalue weighted by Crippen LogP contribution is -2.69. The minimum atomic E-state index is -2.19. The van der Waals surface area contributed by atoms with E-state index in [-0.39, 0.29) is 57.3 Å². The molecule has 2 aliphatic heterocycles. The number of carbonyl (C=O) groups excluding carboxylic acids is 2. The van der Waals surface area contributed by atoms with Gasteiger partial charge in [-0.3, -0.25) is 19.6 Å². The molecule has 4 aromatic rings. The number of Topliss-reactive ketones (excluding diaryl/α,β-unsaturated/α-hetero) is 1. The maximum absolute atomic E-state index is 14.2. The lowest BCUT2D eigenvalue weighted by atomic mass is 9.51. The van der Waals surface area contributed by atoms with Gasteiger partial charge in [-0.15, -0.1) is 0 Å². The maximum atomic E-state index is 14.2. The van der Waals surface area contributed by atoms with Crippen LogP contribution in [0.25, 0.3) is 22.6 Å². The van der Waals surface area contributed by atoms with Crippen molar-refractivity contribution in [3.05, 3.63) is 93.2 Å². The second-order valence-corrected chi connectivity index (χ2v) is 28.1. The minimum absolute atomic E-state index is 0.00425. The number of carbonyl (C=O) groups is 2. The fourth-order valence-electron chi connectivity index (χ4n) is 12.4. The van der Waals surface area contributed by atoms with Crippen molar-refractivity contribution in [2.75, 3.05) is 0 Å². The van der Waals surface area contributed by atoms with E-state index in [1.807, 2.05) is 19.9 Å². The second kappa shape index (κ2) is 17.8. The molecule has 4 aliphatic rings. The highest BCUT2D eigenvalue weighted by Gasteiger charge is 2.66. The average molecular weight is 953 g/mol. The number of fused-ring (bicyclic) bond motifs is 4. The molecule has 8 rings (SSSR count). The molecule has 2 saturated carbocycles. The number of aliphatic hydroxyl groups is 1. The molecule has 0 saturated heterocycles. The van der Waals surface area contributed by atoms with Gasteiger partial charge in [0.05, 0.1) is 18.1 Å². The molecule has 0 aromatic carbocycles. The van der Waals surface area contributed by atoms with Gasteiger partial charge >= 0.3 is 17.2 Å². The molecule has 4 aromatic heterocycles. The van der Waals surface area contributed by atoms with Crippen molar-refractivity contribution in [1.29, 1.82) is 0 Å². The van der Waals surface area contributed by atoms with Crippen molar-refractivity contribution in [3.63, 3.8) is 0 Å². The predicted molar refractivity (Wildman–Crippen MR) is 262 cm³/mol. The van der Waals surface area contributed by atoms with Crippen LogP contribution < -0.4 is 20.7 Å². The topological polar surface area (TPSA) is 177 Å². The lowest BCUT2D eigenvalue weighted by Gasteiger charge is -2.60. The molecule has 0 amide bonds. The normalized spacial score (nSPS) is 29.2. The number of pyridine rings is 2. The molecule has 14 heteroatoms. The first-order chi connectivity index (χ1) is 31.5. The summed E-state index contributed by atoms with van der Waals surface area (Å²) in [5.74, 6) is 0.523. The van der Waals surface area contributed by atoms with E-state index >= 15 is 0 Å². The Morgan fingerprint density at radius 2 is 1.26 bits per heavy atom. The van der Waals surface area contributed by atoms with Crippen LogP contribution in [0.5, 0.6) is 11.5 Å². The van der Waals surface area contributed by atoms with Crippen LogP contribution in [0, 0.1) is 46.3 Å². The Kier molecular flexibility index (Phi) is 13.3. The highest BCUT2D eigenvalue weighted by Crippen LogP contribution is 2.62. The summed E-state index contributed by atoms with van der Waals surface area (Å²) in [6, 6.07) is 10.4. The molecule has 0 radical (unpaired) electrons. The van der Waals surface area contributed by atoms with Gasteiger partial charge in [0.1, 0.15) is 51.5 Å². The van der Waals surface area contributed by atoms with E-state index in [4.69, 9.17) is 27.5 Å². The van der Waals surface area contributed by atoms with E-state index in [2.05, 4.69) is 99.2 Å². The summed E-state index contributed by atoms with van der Waals surface area (Å²) in [5.41, 5.74) is -2.65. The summed E-state index contributed by atoms with van der Waals surface area (Å²) in [5, 5.41) is 11.6. The van der Waals surface area contributed by atoms with Crippen molar-refractivity contribution in [2.24, 2.45) is 46.3 Å². The zero-order valence-corrected chi connectivity index (χ0v) is 43.8. The number of esters is 1. The van der Waals surface area contributed by atoms with Crippen LogP contribution in [0.3, 0.4) is 0 Å². The molecule has 368 valence electrons. The smallest absolute Gasteiger partial charge is 0.351 e. The van der Waals surface area contributed by atoms with Crippen LogP contribution in [0.1, 0.15) is 132 Å². The largest absolute Gasteiger partial charge is 0.483 e. The number of hydrogen-bond donors (Lipinski definition) is 1. The van der Waals surface area contributed by atoms with Crippen molar-refractivity contribution in [2.45, 2.75) is 157 Å². The van der Waals surface area contributed by atoms with Crippen LogP contribution in [0.2, 0.25) is 18.1 Å². The highest BCUT2D eigenvalue weighted by atomic mass is 28.4. The Labute approximate surface area is 401 Å². The van der Waals surface area contributed by atoms with Gasteiger partial charge in [-0.2, -0.15) is 0 Å². The summed E-state index contributed by atoms with van der Waals surface area (Å²) in [6.45, 7) is 33.5. The van der Waals surface area contributed by atoms with Crippen molar-refractivity contribution in [3.8, 4) is 34.1 Å². The molecule has 2 fully saturated rings. The number of aromatic nitrogens is 2. The Bertz CT molecular complexity index is 2650. The third-order valence-corrected chi connectivity index (χ3v) is 21.0. The molecular formula is C54H72N2O11Si. The lowest BCUT2D eigenvalue weighted by molar-refractivity contribution is -0.229. The molecule has 13 nitrogen and oxygen atoms in total.